The normalized spacial score (nSPS) is 13.0. The van der Waals surface area contributed by atoms with Gasteiger partial charge in [0.15, 0.2) is 0 Å². The zero-order chi connectivity index (χ0) is 10.3. The molecule has 0 aromatic rings. The molecule has 3 N–H and O–H groups in total. The predicted octanol–water partition coefficient (Wildman–Crippen LogP) is 0.487. The smallest absolute Gasteiger partial charge is 0.251 e. The lowest BCUT2D eigenvalue weighted by atomic mass is 10.1. The molecule has 0 heterocycles. The monoisotopic (exact) mass is 187 g/mol. The first kappa shape index (κ1) is 12.4. The summed E-state index contributed by atoms with van der Waals surface area (Å²) in [6.07, 6.45) is 2.90. The minimum absolute atomic E-state index is 0.0741. The molecule has 0 aromatic carbocycles. The van der Waals surface area contributed by atoms with Crippen molar-refractivity contribution in [3.05, 3.63) is 0 Å². The first-order chi connectivity index (χ1) is 6.17. The average molecular weight is 187 g/mol. The van der Waals surface area contributed by atoms with Crippen LogP contribution in [0.5, 0.6) is 0 Å². The molecule has 0 rings (SSSR count). The number of rotatable bonds is 6. The van der Waals surface area contributed by atoms with Gasteiger partial charge < -0.3 is 0 Å². The first-order valence-electron chi connectivity index (χ1n) is 4.88. The topological polar surface area (TPSA) is 58.4 Å². The van der Waals surface area contributed by atoms with E-state index in [0.29, 0.717) is 0 Å². The van der Waals surface area contributed by atoms with Crippen LogP contribution in [0.15, 0.2) is 0 Å². The molecule has 0 saturated carbocycles. The van der Waals surface area contributed by atoms with E-state index in [2.05, 4.69) is 19.3 Å². The van der Waals surface area contributed by atoms with Gasteiger partial charge in [0.05, 0.1) is 6.04 Å². The zero-order valence-electron chi connectivity index (χ0n) is 8.84. The second-order valence-electron chi connectivity index (χ2n) is 3.29. The number of nitrogens with two attached hydrogens (primary N) is 1. The SMILES string of the molecule is CCCC(C(=O)NN)N(C)CCC. The van der Waals surface area contributed by atoms with Crippen LogP contribution in [-0.4, -0.2) is 30.4 Å². The lowest BCUT2D eigenvalue weighted by Crippen LogP contribution is -2.47. The predicted molar refractivity (Wildman–Crippen MR) is 53.9 cm³/mol. The number of hydrogen-bond acceptors (Lipinski definition) is 3. The number of hydrogen-bond donors (Lipinski definition) is 2. The summed E-state index contributed by atoms with van der Waals surface area (Å²) in [5.74, 6) is 5.03. The van der Waals surface area contributed by atoms with Crippen LogP contribution in [0, 0.1) is 0 Å². The van der Waals surface area contributed by atoms with Gasteiger partial charge in [-0.25, -0.2) is 5.84 Å². The van der Waals surface area contributed by atoms with E-state index >= 15 is 0 Å². The summed E-state index contributed by atoms with van der Waals surface area (Å²) in [6.45, 7) is 5.09. The standard InChI is InChI=1S/C9H21N3O/c1-4-6-8(9(13)11-10)12(3)7-5-2/h8H,4-7,10H2,1-3H3,(H,11,13). The Labute approximate surface area is 80.4 Å². The van der Waals surface area contributed by atoms with Gasteiger partial charge in [0.25, 0.3) is 5.91 Å². The Morgan fingerprint density at radius 3 is 2.46 bits per heavy atom. The maximum Gasteiger partial charge on any atom is 0.251 e. The van der Waals surface area contributed by atoms with Crippen molar-refractivity contribution in [3.63, 3.8) is 0 Å². The quantitative estimate of drug-likeness (QED) is 0.361. The Bertz CT molecular complexity index is 150. The van der Waals surface area contributed by atoms with Crippen molar-refractivity contribution in [1.82, 2.24) is 10.3 Å². The van der Waals surface area contributed by atoms with E-state index in [1.165, 1.54) is 0 Å². The van der Waals surface area contributed by atoms with Crippen molar-refractivity contribution in [3.8, 4) is 0 Å². The van der Waals surface area contributed by atoms with Crippen molar-refractivity contribution in [1.29, 1.82) is 0 Å². The van der Waals surface area contributed by atoms with Gasteiger partial charge in [-0.3, -0.25) is 15.1 Å². The van der Waals surface area contributed by atoms with Crippen molar-refractivity contribution < 1.29 is 4.79 Å². The molecule has 4 nitrogen and oxygen atoms in total. The average Bonchev–Trinajstić information content (AvgIpc) is 2.13. The summed E-state index contributed by atoms with van der Waals surface area (Å²) in [4.78, 5) is 13.4. The second-order valence-corrected chi connectivity index (χ2v) is 3.29. The fourth-order valence-electron chi connectivity index (χ4n) is 1.43. The van der Waals surface area contributed by atoms with Crippen LogP contribution < -0.4 is 11.3 Å². The highest BCUT2D eigenvalue weighted by atomic mass is 16.2. The van der Waals surface area contributed by atoms with E-state index in [1.54, 1.807) is 0 Å². The maximum absolute atomic E-state index is 11.3. The molecule has 0 aromatic heterocycles. The van der Waals surface area contributed by atoms with E-state index in [9.17, 15) is 4.79 Å². The van der Waals surface area contributed by atoms with Crippen LogP contribution in [0.25, 0.3) is 0 Å². The molecule has 0 spiro atoms. The van der Waals surface area contributed by atoms with Crippen LogP contribution in [-0.2, 0) is 4.79 Å². The van der Waals surface area contributed by atoms with Crippen LogP contribution >= 0.6 is 0 Å². The lowest BCUT2D eigenvalue weighted by Gasteiger charge is -2.25. The summed E-state index contributed by atoms with van der Waals surface area (Å²) >= 11 is 0. The third-order valence-corrected chi connectivity index (χ3v) is 2.12. The molecule has 0 fully saturated rings. The molecule has 0 saturated heterocycles. The number of amides is 1. The number of hydrazine groups is 1. The van der Waals surface area contributed by atoms with Gasteiger partial charge in [0, 0.05) is 0 Å². The Morgan fingerprint density at radius 2 is 2.08 bits per heavy atom. The van der Waals surface area contributed by atoms with Gasteiger partial charge >= 0.3 is 0 Å². The number of carbonyl (C=O) groups excluding carboxylic acids is 1. The fourth-order valence-corrected chi connectivity index (χ4v) is 1.43. The van der Waals surface area contributed by atoms with E-state index in [0.717, 1.165) is 25.8 Å². The fraction of sp³-hybridized carbons (Fsp3) is 0.889. The minimum Gasteiger partial charge on any atom is -0.295 e. The second kappa shape index (κ2) is 6.86. The molecular weight excluding hydrogens is 166 g/mol. The maximum atomic E-state index is 11.3. The minimum atomic E-state index is -0.0854. The molecule has 78 valence electrons. The van der Waals surface area contributed by atoms with Crippen molar-refractivity contribution in [2.75, 3.05) is 13.6 Å². The molecule has 0 radical (unpaired) electrons. The van der Waals surface area contributed by atoms with Gasteiger partial charge in [0.1, 0.15) is 0 Å². The Morgan fingerprint density at radius 1 is 1.46 bits per heavy atom. The van der Waals surface area contributed by atoms with Gasteiger partial charge in [-0.05, 0) is 26.4 Å². The molecule has 0 bridgehead atoms. The molecule has 0 aliphatic carbocycles. The molecule has 13 heavy (non-hydrogen) atoms. The third kappa shape index (κ3) is 4.24. The Kier molecular flexibility index (Phi) is 6.54. The van der Waals surface area contributed by atoms with Crippen LogP contribution in [0.1, 0.15) is 33.1 Å². The summed E-state index contributed by atoms with van der Waals surface area (Å²) in [6, 6.07) is -0.0741. The highest BCUT2D eigenvalue weighted by Crippen LogP contribution is 2.05. The zero-order valence-corrected chi connectivity index (χ0v) is 8.84. The number of likely N-dealkylation sites (N-methyl/N-ethyl adjacent to an activating group) is 1. The van der Waals surface area contributed by atoms with Gasteiger partial charge in [0.2, 0.25) is 0 Å². The number of nitrogens with one attached hydrogen (secondary N) is 1. The number of nitrogens with zero attached hydrogens (tertiary/aromatic N) is 1. The molecule has 1 atom stereocenters. The van der Waals surface area contributed by atoms with Crippen LogP contribution in [0.4, 0.5) is 0 Å². The van der Waals surface area contributed by atoms with E-state index in [1.807, 2.05) is 11.9 Å². The largest absolute Gasteiger partial charge is 0.295 e. The molecule has 0 aliphatic heterocycles. The summed E-state index contributed by atoms with van der Waals surface area (Å²) in [5.41, 5.74) is 2.21. The van der Waals surface area contributed by atoms with Crippen molar-refractivity contribution >= 4 is 5.91 Å². The van der Waals surface area contributed by atoms with Crippen molar-refractivity contribution in [2.24, 2.45) is 5.84 Å². The van der Waals surface area contributed by atoms with Crippen LogP contribution in [0.3, 0.4) is 0 Å². The lowest BCUT2D eigenvalue weighted by molar-refractivity contribution is -0.126. The van der Waals surface area contributed by atoms with E-state index in [4.69, 9.17) is 5.84 Å². The molecule has 1 amide bonds. The highest BCUT2D eigenvalue weighted by Gasteiger charge is 2.20. The molecule has 1 unspecified atom stereocenters. The Hall–Kier alpha value is -0.610. The summed E-state index contributed by atoms with van der Waals surface area (Å²) in [5, 5.41) is 0. The van der Waals surface area contributed by atoms with E-state index < -0.39 is 0 Å². The summed E-state index contributed by atoms with van der Waals surface area (Å²) in [7, 11) is 1.96. The Balaban J connectivity index is 4.13. The number of carbonyl (C=O) groups is 1. The molecule has 4 heteroatoms. The van der Waals surface area contributed by atoms with Gasteiger partial charge in [-0.15, -0.1) is 0 Å². The molecule has 0 aliphatic rings. The van der Waals surface area contributed by atoms with Crippen LogP contribution in [0.2, 0.25) is 0 Å². The highest BCUT2D eigenvalue weighted by molar-refractivity contribution is 5.81. The van der Waals surface area contributed by atoms with E-state index in [-0.39, 0.29) is 11.9 Å². The summed E-state index contributed by atoms with van der Waals surface area (Å²) < 4.78 is 0. The van der Waals surface area contributed by atoms with Crippen molar-refractivity contribution in [2.45, 2.75) is 39.2 Å². The third-order valence-electron chi connectivity index (χ3n) is 2.12. The first-order valence-corrected chi connectivity index (χ1v) is 4.88. The van der Waals surface area contributed by atoms with Gasteiger partial charge in [-0.2, -0.15) is 0 Å². The molecular formula is C9H21N3O. The van der Waals surface area contributed by atoms with Gasteiger partial charge in [-0.1, -0.05) is 20.3 Å².